The molecule has 0 bridgehead atoms. The molecule has 0 aromatic heterocycles. The third kappa shape index (κ3) is 3.35. The van der Waals surface area contributed by atoms with E-state index in [2.05, 4.69) is 13.8 Å². The van der Waals surface area contributed by atoms with Crippen molar-refractivity contribution < 1.29 is 9.90 Å². The molecule has 1 atom stereocenters. The number of carbonyl (C=O) groups is 1. The van der Waals surface area contributed by atoms with Gasteiger partial charge in [0.1, 0.15) is 0 Å². The number of rotatable bonds is 6. The Balaban J connectivity index is 2.02. The van der Waals surface area contributed by atoms with Crippen molar-refractivity contribution in [3.8, 4) is 0 Å². The predicted octanol–water partition coefficient (Wildman–Crippen LogP) is 2.69. The minimum Gasteiger partial charge on any atom is -0.396 e. The lowest BCUT2D eigenvalue weighted by molar-refractivity contribution is 0.0731. The monoisotopic (exact) mass is 261 g/mol. The Morgan fingerprint density at radius 1 is 1.32 bits per heavy atom. The topological polar surface area (TPSA) is 40.5 Å². The standard InChI is InChI=1S/C16H23NO2/c1-12(2)9-13(7-8-18)10-17-11-14-5-3-4-6-15(14)16(17)19/h3-6,12-13,18H,7-11H2,1-2H3/t13-/m1/s1. The number of aliphatic hydroxyl groups is 1. The normalized spacial score (nSPS) is 16.0. The van der Waals surface area contributed by atoms with E-state index in [1.54, 1.807) is 0 Å². The molecule has 19 heavy (non-hydrogen) atoms. The van der Waals surface area contributed by atoms with E-state index in [0.29, 0.717) is 11.8 Å². The Morgan fingerprint density at radius 3 is 2.68 bits per heavy atom. The van der Waals surface area contributed by atoms with Gasteiger partial charge in [0.2, 0.25) is 0 Å². The van der Waals surface area contributed by atoms with Crippen LogP contribution in [0.2, 0.25) is 0 Å². The molecule has 0 radical (unpaired) electrons. The van der Waals surface area contributed by atoms with E-state index >= 15 is 0 Å². The second-order valence-electron chi connectivity index (χ2n) is 5.85. The van der Waals surface area contributed by atoms with Crippen molar-refractivity contribution in [2.75, 3.05) is 13.2 Å². The molecule has 1 N–H and O–H groups in total. The van der Waals surface area contributed by atoms with Crippen molar-refractivity contribution in [1.82, 2.24) is 4.90 Å². The van der Waals surface area contributed by atoms with Crippen LogP contribution in [0, 0.1) is 11.8 Å². The fourth-order valence-electron chi connectivity index (χ4n) is 2.91. The largest absolute Gasteiger partial charge is 0.396 e. The second-order valence-corrected chi connectivity index (χ2v) is 5.85. The van der Waals surface area contributed by atoms with Gasteiger partial charge < -0.3 is 10.0 Å². The minimum atomic E-state index is 0.141. The van der Waals surface area contributed by atoms with Crippen molar-refractivity contribution in [3.05, 3.63) is 35.4 Å². The highest BCUT2D eigenvalue weighted by atomic mass is 16.3. The molecule has 2 rings (SSSR count). The average Bonchev–Trinajstić information content (AvgIpc) is 2.67. The van der Waals surface area contributed by atoms with Gasteiger partial charge in [-0.15, -0.1) is 0 Å². The molecule has 1 aliphatic rings. The molecule has 0 unspecified atom stereocenters. The number of benzene rings is 1. The summed E-state index contributed by atoms with van der Waals surface area (Å²) in [6.45, 7) is 6.05. The zero-order chi connectivity index (χ0) is 13.8. The minimum absolute atomic E-state index is 0.141. The third-order valence-corrected chi connectivity index (χ3v) is 3.72. The SMILES string of the molecule is CC(C)C[C@@H](CCO)CN1Cc2ccccc2C1=O. The molecule has 0 spiro atoms. The van der Waals surface area contributed by atoms with Gasteiger partial charge in [0.25, 0.3) is 5.91 Å². The van der Waals surface area contributed by atoms with Crippen molar-refractivity contribution >= 4 is 5.91 Å². The molecule has 0 saturated carbocycles. The molecule has 3 heteroatoms. The number of amides is 1. The molecule has 3 nitrogen and oxygen atoms in total. The van der Waals surface area contributed by atoms with E-state index in [4.69, 9.17) is 5.11 Å². The average molecular weight is 261 g/mol. The van der Waals surface area contributed by atoms with Crippen molar-refractivity contribution in [1.29, 1.82) is 0 Å². The molecule has 1 aliphatic heterocycles. The van der Waals surface area contributed by atoms with Gasteiger partial charge in [-0.1, -0.05) is 32.0 Å². The van der Waals surface area contributed by atoms with Gasteiger partial charge in [-0.2, -0.15) is 0 Å². The van der Waals surface area contributed by atoms with E-state index in [-0.39, 0.29) is 12.5 Å². The maximum absolute atomic E-state index is 12.3. The van der Waals surface area contributed by atoms with Gasteiger partial charge in [-0.3, -0.25) is 4.79 Å². The number of carbonyl (C=O) groups excluding carboxylic acids is 1. The summed E-state index contributed by atoms with van der Waals surface area (Å²) in [4.78, 5) is 14.2. The molecule has 104 valence electrons. The first kappa shape index (κ1) is 14.1. The van der Waals surface area contributed by atoms with Crippen molar-refractivity contribution in [2.24, 2.45) is 11.8 Å². The molecule has 1 heterocycles. The quantitative estimate of drug-likeness (QED) is 0.855. The first-order valence-electron chi connectivity index (χ1n) is 7.10. The lowest BCUT2D eigenvalue weighted by Crippen LogP contribution is -2.31. The van der Waals surface area contributed by atoms with Gasteiger partial charge >= 0.3 is 0 Å². The Kier molecular flexibility index (Phi) is 4.59. The van der Waals surface area contributed by atoms with E-state index in [1.165, 1.54) is 0 Å². The smallest absolute Gasteiger partial charge is 0.254 e. The van der Waals surface area contributed by atoms with Crippen LogP contribution in [0.5, 0.6) is 0 Å². The molecule has 0 fully saturated rings. The van der Waals surface area contributed by atoms with Gasteiger partial charge in [0, 0.05) is 25.3 Å². The highest BCUT2D eigenvalue weighted by Crippen LogP contribution is 2.25. The van der Waals surface area contributed by atoms with Crippen LogP contribution in [0.3, 0.4) is 0 Å². The predicted molar refractivity (Wildman–Crippen MR) is 75.8 cm³/mol. The summed E-state index contributed by atoms with van der Waals surface area (Å²) in [6.07, 6.45) is 1.83. The van der Waals surface area contributed by atoms with E-state index in [9.17, 15) is 4.79 Å². The molecular weight excluding hydrogens is 238 g/mol. The summed E-state index contributed by atoms with van der Waals surface area (Å²) in [6, 6.07) is 7.83. The van der Waals surface area contributed by atoms with Crippen LogP contribution in [0.15, 0.2) is 24.3 Å². The second kappa shape index (κ2) is 6.20. The van der Waals surface area contributed by atoms with E-state index in [0.717, 1.165) is 37.1 Å². The Hall–Kier alpha value is -1.35. The molecule has 0 aliphatic carbocycles. The van der Waals surface area contributed by atoms with Crippen LogP contribution in [-0.2, 0) is 6.54 Å². The maximum Gasteiger partial charge on any atom is 0.254 e. The van der Waals surface area contributed by atoms with Gasteiger partial charge in [0.15, 0.2) is 0 Å². The Morgan fingerprint density at radius 2 is 2.05 bits per heavy atom. The van der Waals surface area contributed by atoms with E-state index in [1.807, 2.05) is 29.2 Å². The summed E-state index contributed by atoms with van der Waals surface area (Å²) < 4.78 is 0. The zero-order valence-corrected chi connectivity index (χ0v) is 11.8. The number of nitrogens with zero attached hydrogens (tertiary/aromatic N) is 1. The molecule has 1 aromatic carbocycles. The molecule has 0 saturated heterocycles. The highest BCUT2D eigenvalue weighted by molar-refractivity contribution is 5.98. The van der Waals surface area contributed by atoms with Crippen molar-refractivity contribution in [3.63, 3.8) is 0 Å². The molecular formula is C16H23NO2. The third-order valence-electron chi connectivity index (χ3n) is 3.72. The highest BCUT2D eigenvalue weighted by Gasteiger charge is 2.28. The molecule has 1 amide bonds. The fourth-order valence-corrected chi connectivity index (χ4v) is 2.91. The Labute approximate surface area is 115 Å². The van der Waals surface area contributed by atoms with Crippen LogP contribution in [0.1, 0.15) is 42.6 Å². The van der Waals surface area contributed by atoms with Gasteiger partial charge in [-0.05, 0) is 36.3 Å². The number of hydrogen-bond acceptors (Lipinski definition) is 2. The van der Waals surface area contributed by atoms with Crippen LogP contribution < -0.4 is 0 Å². The van der Waals surface area contributed by atoms with Crippen LogP contribution in [-0.4, -0.2) is 29.1 Å². The Bertz CT molecular complexity index is 442. The lowest BCUT2D eigenvalue weighted by atomic mass is 9.94. The van der Waals surface area contributed by atoms with Gasteiger partial charge in [0.05, 0.1) is 0 Å². The van der Waals surface area contributed by atoms with Crippen molar-refractivity contribution in [2.45, 2.75) is 33.2 Å². The summed E-state index contributed by atoms with van der Waals surface area (Å²) in [5, 5.41) is 9.16. The van der Waals surface area contributed by atoms with Crippen LogP contribution >= 0.6 is 0 Å². The summed E-state index contributed by atoms with van der Waals surface area (Å²) in [5.74, 6) is 1.13. The number of aliphatic hydroxyl groups excluding tert-OH is 1. The number of hydrogen-bond donors (Lipinski definition) is 1. The van der Waals surface area contributed by atoms with Gasteiger partial charge in [-0.25, -0.2) is 0 Å². The summed E-state index contributed by atoms with van der Waals surface area (Å²) >= 11 is 0. The maximum atomic E-state index is 12.3. The molecule has 1 aromatic rings. The van der Waals surface area contributed by atoms with E-state index < -0.39 is 0 Å². The van der Waals surface area contributed by atoms with Crippen LogP contribution in [0.25, 0.3) is 0 Å². The fraction of sp³-hybridized carbons (Fsp3) is 0.562. The van der Waals surface area contributed by atoms with Crippen LogP contribution in [0.4, 0.5) is 0 Å². The summed E-state index contributed by atoms with van der Waals surface area (Å²) in [7, 11) is 0. The zero-order valence-electron chi connectivity index (χ0n) is 11.8. The number of fused-ring (bicyclic) bond motifs is 1. The lowest BCUT2D eigenvalue weighted by Gasteiger charge is -2.24. The summed E-state index contributed by atoms with van der Waals surface area (Å²) in [5.41, 5.74) is 1.97. The first-order valence-corrected chi connectivity index (χ1v) is 7.10. The first-order chi connectivity index (χ1) is 9.11.